The summed E-state index contributed by atoms with van der Waals surface area (Å²) in [5.74, 6) is -1.41. The predicted octanol–water partition coefficient (Wildman–Crippen LogP) is 2.36. The number of hydrogen-bond donors (Lipinski definition) is 3. The van der Waals surface area contributed by atoms with E-state index in [2.05, 4.69) is 16.0 Å². The highest BCUT2D eigenvalue weighted by molar-refractivity contribution is 5.94. The van der Waals surface area contributed by atoms with E-state index in [0.717, 1.165) is 25.7 Å². The number of amides is 3. The van der Waals surface area contributed by atoms with Crippen molar-refractivity contribution < 1.29 is 23.9 Å². The highest BCUT2D eigenvalue weighted by Gasteiger charge is 2.17. The van der Waals surface area contributed by atoms with Crippen LogP contribution in [-0.4, -0.2) is 36.3 Å². The molecule has 1 aromatic carbocycles. The maximum atomic E-state index is 11.9. The van der Waals surface area contributed by atoms with E-state index in [1.54, 1.807) is 24.3 Å². The molecule has 1 fully saturated rings. The first kappa shape index (κ1) is 21.4. The van der Waals surface area contributed by atoms with Crippen molar-refractivity contribution in [3.05, 3.63) is 24.3 Å². The van der Waals surface area contributed by atoms with E-state index in [4.69, 9.17) is 4.74 Å². The average molecular weight is 389 g/mol. The second-order valence-electron chi connectivity index (χ2n) is 6.87. The summed E-state index contributed by atoms with van der Waals surface area (Å²) in [7, 11) is 0. The highest BCUT2D eigenvalue weighted by atomic mass is 16.5. The zero-order chi connectivity index (χ0) is 20.4. The Balaban J connectivity index is 1.62. The summed E-state index contributed by atoms with van der Waals surface area (Å²) in [6.45, 7) is 0.986. The second kappa shape index (κ2) is 11.1. The van der Waals surface area contributed by atoms with E-state index in [1.165, 1.54) is 13.3 Å². The van der Waals surface area contributed by atoms with Crippen molar-refractivity contribution in [2.45, 2.75) is 57.9 Å². The van der Waals surface area contributed by atoms with Gasteiger partial charge in [0.05, 0.1) is 6.42 Å². The Hall–Kier alpha value is -2.90. The van der Waals surface area contributed by atoms with Crippen LogP contribution in [0.4, 0.5) is 11.4 Å². The molecule has 1 saturated carbocycles. The van der Waals surface area contributed by atoms with Crippen molar-refractivity contribution in [2.24, 2.45) is 0 Å². The van der Waals surface area contributed by atoms with Crippen LogP contribution >= 0.6 is 0 Å². The third kappa shape index (κ3) is 8.20. The van der Waals surface area contributed by atoms with Crippen LogP contribution in [0, 0.1) is 0 Å². The normalized spacial score (nSPS) is 14.0. The molecule has 0 aliphatic heterocycles. The first-order valence-electron chi connectivity index (χ1n) is 9.55. The smallest absolute Gasteiger partial charge is 0.306 e. The first-order chi connectivity index (χ1) is 13.4. The number of carbonyl (C=O) groups is 4. The van der Waals surface area contributed by atoms with Gasteiger partial charge in [0, 0.05) is 30.8 Å². The molecular formula is C20H27N3O5. The minimum atomic E-state index is -0.588. The van der Waals surface area contributed by atoms with Gasteiger partial charge in [0.2, 0.25) is 11.8 Å². The molecule has 0 heterocycles. The number of carbonyl (C=O) groups excluding carboxylic acids is 4. The summed E-state index contributed by atoms with van der Waals surface area (Å²) in [6.07, 6.45) is 5.43. The summed E-state index contributed by atoms with van der Waals surface area (Å²) in [5, 5.41) is 8.14. The first-order valence-corrected chi connectivity index (χ1v) is 9.55. The number of rotatable bonds is 8. The van der Waals surface area contributed by atoms with Gasteiger partial charge in [-0.3, -0.25) is 19.2 Å². The van der Waals surface area contributed by atoms with Crippen molar-refractivity contribution in [3.63, 3.8) is 0 Å². The van der Waals surface area contributed by atoms with Crippen molar-refractivity contribution >= 4 is 35.1 Å². The average Bonchev–Trinajstić information content (AvgIpc) is 2.67. The topological polar surface area (TPSA) is 114 Å². The predicted molar refractivity (Wildman–Crippen MR) is 105 cm³/mol. The Morgan fingerprint density at radius 3 is 2.11 bits per heavy atom. The van der Waals surface area contributed by atoms with E-state index < -0.39 is 18.5 Å². The molecule has 28 heavy (non-hydrogen) atoms. The van der Waals surface area contributed by atoms with Gasteiger partial charge in [-0.15, -0.1) is 0 Å². The lowest BCUT2D eigenvalue weighted by molar-refractivity contribution is -0.148. The Labute approximate surface area is 164 Å². The van der Waals surface area contributed by atoms with Crippen molar-refractivity contribution in [3.8, 4) is 0 Å². The van der Waals surface area contributed by atoms with E-state index in [1.807, 2.05) is 0 Å². The number of nitrogens with one attached hydrogen (secondary N) is 3. The molecule has 0 saturated heterocycles. The van der Waals surface area contributed by atoms with Gasteiger partial charge < -0.3 is 20.7 Å². The van der Waals surface area contributed by atoms with Gasteiger partial charge in [0.15, 0.2) is 6.61 Å². The maximum absolute atomic E-state index is 11.9. The third-order valence-corrected chi connectivity index (χ3v) is 4.38. The van der Waals surface area contributed by atoms with Crippen LogP contribution in [0.3, 0.4) is 0 Å². The van der Waals surface area contributed by atoms with Crippen LogP contribution < -0.4 is 16.0 Å². The Bertz CT molecular complexity index is 696. The quantitative estimate of drug-likeness (QED) is 0.591. The summed E-state index contributed by atoms with van der Waals surface area (Å²) >= 11 is 0. The van der Waals surface area contributed by atoms with E-state index in [-0.39, 0.29) is 30.7 Å². The molecule has 1 aliphatic rings. The number of anilines is 2. The van der Waals surface area contributed by atoms with Gasteiger partial charge in [-0.1, -0.05) is 19.3 Å². The molecule has 8 heteroatoms. The fourth-order valence-electron chi connectivity index (χ4n) is 3.02. The summed E-state index contributed by atoms with van der Waals surface area (Å²) in [5.41, 5.74) is 1.13. The number of hydrogen-bond acceptors (Lipinski definition) is 5. The summed E-state index contributed by atoms with van der Waals surface area (Å²) in [4.78, 5) is 46.4. The molecule has 8 nitrogen and oxygen atoms in total. The van der Waals surface area contributed by atoms with E-state index in [9.17, 15) is 19.2 Å². The van der Waals surface area contributed by atoms with Crippen molar-refractivity contribution in [1.29, 1.82) is 0 Å². The van der Waals surface area contributed by atoms with Crippen LogP contribution in [0.15, 0.2) is 24.3 Å². The molecule has 0 aromatic heterocycles. The second-order valence-corrected chi connectivity index (χ2v) is 6.87. The monoisotopic (exact) mass is 389 g/mol. The van der Waals surface area contributed by atoms with Gasteiger partial charge in [-0.25, -0.2) is 0 Å². The zero-order valence-corrected chi connectivity index (χ0v) is 16.1. The standard InChI is InChI=1S/C20H27N3O5/c1-14(24)21-16-7-9-17(10-8-16)23-19(26)13-28-20(27)12-11-18(25)22-15-5-3-2-4-6-15/h7-10,15H,2-6,11-13H2,1H3,(H,21,24)(H,22,25)(H,23,26). The molecule has 0 atom stereocenters. The van der Waals surface area contributed by atoms with Crippen LogP contribution in [0.2, 0.25) is 0 Å². The molecule has 1 aliphatic carbocycles. The number of esters is 1. The van der Waals surface area contributed by atoms with Crippen molar-refractivity contribution in [1.82, 2.24) is 5.32 Å². The Morgan fingerprint density at radius 1 is 0.893 bits per heavy atom. The Kier molecular flexibility index (Phi) is 8.45. The van der Waals surface area contributed by atoms with Crippen LogP contribution in [0.25, 0.3) is 0 Å². The van der Waals surface area contributed by atoms with Gasteiger partial charge in [0.1, 0.15) is 0 Å². The van der Waals surface area contributed by atoms with Crippen LogP contribution in [0.1, 0.15) is 51.9 Å². The van der Waals surface area contributed by atoms with Gasteiger partial charge in [-0.2, -0.15) is 0 Å². The minimum Gasteiger partial charge on any atom is -0.456 e. The molecule has 3 N–H and O–H groups in total. The molecule has 0 spiro atoms. The zero-order valence-electron chi connectivity index (χ0n) is 16.1. The lowest BCUT2D eigenvalue weighted by Crippen LogP contribution is -2.36. The molecule has 3 amide bonds. The molecule has 152 valence electrons. The number of benzene rings is 1. The lowest BCUT2D eigenvalue weighted by Gasteiger charge is -2.22. The third-order valence-electron chi connectivity index (χ3n) is 4.38. The van der Waals surface area contributed by atoms with Gasteiger partial charge >= 0.3 is 5.97 Å². The largest absolute Gasteiger partial charge is 0.456 e. The van der Waals surface area contributed by atoms with E-state index in [0.29, 0.717) is 11.4 Å². The molecule has 0 radical (unpaired) electrons. The fraction of sp³-hybridized carbons (Fsp3) is 0.500. The molecule has 0 bridgehead atoms. The van der Waals surface area contributed by atoms with Gasteiger partial charge in [-0.05, 0) is 37.1 Å². The minimum absolute atomic E-state index is 0.0571. The molecular weight excluding hydrogens is 362 g/mol. The van der Waals surface area contributed by atoms with Crippen LogP contribution in [0.5, 0.6) is 0 Å². The van der Waals surface area contributed by atoms with Gasteiger partial charge in [0.25, 0.3) is 5.91 Å². The highest BCUT2D eigenvalue weighted by Crippen LogP contribution is 2.17. The summed E-state index contributed by atoms with van der Waals surface area (Å²) in [6, 6.07) is 6.75. The molecule has 2 rings (SSSR count). The maximum Gasteiger partial charge on any atom is 0.306 e. The lowest BCUT2D eigenvalue weighted by atomic mass is 9.95. The van der Waals surface area contributed by atoms with Crippen LogP contribution in [-0.2, 0) is 23.9 Å². The Morgan fingerprint density at radius 2 is 1.50 bits per heavy atom. The fourth-order valence-corrected chi connectivity index (χ4v) is 3.02. The molecule has 0 unspecified atom stereocenters. The van der Waals surface area contributed by atoms with Crippen molar-refractivity contribution in [2.75, 3.05) is 17.2 Å². The van der Waals surface area contributed by atoms with E-state index >= 15 is 0 Å². The SMILES string of the molecule is CC(=O)Nc1ccc(NC(=O)COC(=O)CCC(=O)NC2CCCCC2)cc1. The molecule has 1 aromatic rings. The number of ether oxygens (including phenoxy) is 1. The summed E-state index contributed by atoms with van der Waals surface area (Å²) < 4.78 is 4.90.